The molecule has 102 valence electrons. The first-order valence-corrected chi connectivity index (χ1v) is 7.04. The quantitative estimate of drug-likeness (QED) is 0.833. The minimum atomic E-state index is 0.156. The fourth-order valence-electron chi connectivity index (χ4n) is 2.62. The Morgan fingerprint density at radius 3 is 2.84 bits per heavy atom. The molecule has 2 N–H and O–H groups in total. The smallest absolute Gasteiger partial charge is 0.123 e. The second-order valence-corrected chi connectivity index (χ2v) is 5.52. The average Bonchev–Trinajstić information content (AvgIpc) is 3.13. The van der Waals surface area contributed by atoms with Gasteiger partial charge < -0.3 is 15.0 Å². The van der Waals surface area contributed by atoms with Crippen LogP contribution in [0.1, 0.15) is 25.6 Å². The van der Waals surface area contributed by atoms with E-state index in [1.54, 1.807) is 0 Å². The van der Waals surface area contributed by atoms with E-state index < -0.39 is 0 Å². The maximum Gasteiger partial charge on any atom is 0.123 e. The lowest BCUT2D eigenvalue weighted by molar-refractivity contribution is 0.207. The highest BCUT2D eigenvalue weighted by atomic mass is 16.3. The molecular weight excluding hydrogens is 238 g/mol. The van der Waals surface area contributed by atoms with Crippen LogP contribution in [0.5, 0.6) is 0 Å². The molecule has 2 aromatic rings. The molecule has 0 atom stereocenters. The van der Waals surface area contributed by atoms with E-state index in [1.807, 2.05) is 6.07 Å². The Balaban J connectivity index is 1.73. The van der Waals surface area contributed by atoms with Crippen LogP contribution in [0.15, 0.2) is 24.3 Å². The van der Waals surface area contributed by atoms with Crippen molar-refractivity contribution in [2.24, 2.45) is 5.41 Å². The van der Waals surface area contributed by atoms with Crippen molar-refractivity contribution >= 4 is 11.0 Å². The summed E-state index contributed by atoms with van der Waals surface area (Å²) < 4.78 is 2.25. The molecule has 3 rings (SSSR count). The number of aliphatic hydroxyl groups is 1. The third-order valence-electron chi connectivity index (χ3n) is 4.13. The normalized spacial score (nSPS) is 16.9. The molecule has 0 aliphatic heterocycles. The monoisotopic (exact) mass is 259 g/mol. The van der Waals surface area contributed by atoms with Gasteiger partial charge in [0.05, 0.1) is 17.6 Å². The number of aliphatic hydroxyl groups excluding tert-OH is 1. The first kappa shape index (κ1) is 12.6. The van der Waals surface area contributed by atoms with Crippen molar-refractivity contribution in [2.45, 2.75) is 32.9 Å². The summed E-state index contributed by atoms with van der Waals surface area (Å²) in [7, 11) is 0. The lowest BCUT2D eigenvalue weighted by Gasteiger charge is -2.13. The molecule has 0 unspecified atom stereocenters. The van der Waals surface area contributed by atoms with E-state index in [9.17, 15) is 5.11 Å². The lowest BCUT2D eigenvalue weighted by atomic mass is 10.1. The molecule has 0 bridgehead atoms. The van der Waals surface area contributed by atoms with Crippen molar-refractivity contribution in [3.05, 3.63) is 30.1 Å². The molecule has 1 aromatic carbocycles. The van der Waals surface area contributed by atoms with Gasteiger partial charge in [0.2, 0.25) is 0 Å². The molecule has 19 heavy (non-hydrogen) atoms. The van der Waals surface area contributed by atoms with Crippen LogP contribution in [0.4, 0.5) is 0 Å². The number of nitrogens with zero attached hydrogens (tertiary/aromatic N) is 2. The van der Waals surface area contributed by atoms with Crippen LogP contribution >= 0.6 is 0 Å². The molecule has 1 fully saturated rings. The van der Waals surface area contributed by atoms with Crippen LogP contribution < -0.4 is 5.32 Å². The number of imidazole rings is 1. The predicted molar refractivity (Wildman–Crippen MR) is 75.9 cm³/mol. The van der Waals surface area contributed by atoms with E-state index in [0.29, 0.717) is 6.61 Å². The second-order valence-electron chi connectivity index (χ2n) is 5.52. The molecule has 4 nitrogen and oxygen atoms in total. The summed E-state index contributed by atoms with van der Waals surface area (Å²) in [6, 6.07) is 8.25. The highest BCUT2D eigenvalue weighted by molar-refractivity contribution is 5.75. The zero-order valence-electron chi connectivity index (χ0n) is 11.4. The van der Waals surface area contributed by atoms with Crippen molar-refractivity contribution < 1.29 is 5.11 Å². The fourth-order valence-corrected chi connectivity index (χ4v) is 2.62. The van der Waals surface area contributed by atoms with E-state index in [-0.39, 0.29) is 5.41 Å². The number of nitrogens with one attached hydrogen (secondary N) is 1. The summed E-state index contributed by atoms with van der Waals surface area (Å²) in [4.78, 5) is 4.69. The van der Waals surface area contributed by atoms with Gasteiger partial charge in [-0.2, -0.15) is 0 Å². The summed E-state index contributed by atoms with van der Waals surface area (Å²) in [6.07, 6.45) is 2.28. The second kappa shape index (κ2) is 4.94. The highest BCUT2D eigenvalue weighted by Crippen LogP contribution is 2.44. The van der Waals surface area contributed by atoms with Crippen LogP contribution in [0.3, 0.4) is 0 Å². The number of rotatable bonds is 6. The van der Waals surface area contributed by atoms with Crippen LogP contribution in [-0.2, 0) is 13.1 Å². The van der Waals surface area contributed by atoms with Gasteiger partial charge in [0.25, 0.3) is 0 Å². The zero-order chi connectivity index (χ0) is 13.3. The number of aryl methyl sites for hydroxylation is 1. The Hall–Kier alpha value is -1.39. The van der Waals surface area contributed by atoms with E-state index in [1.165, 1.54) is 5.52 Å². The van der Waals surface area contributed by atoms with Gasteiger partial charge in [-0.25, -0.2) is 4.98 Å². The number of aromatic nitrogens is 2. The Morgan fingerprint density at radius 1 is 1.37 bits per heavy atom. The van der Waals surface area contributed by atoms with Gasteiger partial charge in [0.1, 0.15) is 5.82 Å². The molecule has 1 aromatic heterocycles. The first-order chi connectivity index (χ1) is 9.28. The molecule has 0 saturated heterocycles. The average molecular weight is 259 g/mol. The van der Waals surface area contributed by atoms with Gasteiger partial charge in [0.15, 0.2) is 0 Å². The summed E-state index contributed by atoms with van der Waals surface area (Å²) in [5.74, 6) is 1.08. The Labute approximate surface area is 113 Å². The lowest BCUT2D eigenvalue weighted by Crippen LogP contribution is -2.27. The maximum absolute atomic E-state index is 9.31. The third-order valence-corrected chi connectivity index (χ3v) is 4.13. The number of hydrogen-bond donors (Lipinski definition) is 2. The molecular formula is C15H21N3O. The Morgan fingerprint density at radius 2 is 2.16 bits per heavy atom. The maximum atomic E-state index is 9.31. The number of fused-ring (bicyclic) bond motifs is 1. The molecule has 1 aliphatic carbocycles. The number of hydrogen-bond acceptors (Lipinski definition) is 3. The van der Waals surface area contributed by atoms with Crippen LogP contribution in [0.2, 0.25) is 0 Å². The van der Waals surface area contributed by atoms with Gasteiger partial charge in [-0.15, -0.1) is 0 Å². The Bertz CT molecular complexity index is 572. The van der Waals surface area contributed by atoms with Crippen LogP contribution in [-0.4, -0.2) is 27.8 Å². The summed E-state index contributed by atoms with van der Waals surface area (Å²) in [5, 5.41) is 12.8. The van der Waals surface area contributed by atoms with E-state index >= 15 is 0 Å². The zero-order valence-corrected chi connectivity index (χ0v) is 11.4. The van der Waals surface area contributed by atoms with Gasteiger partial charge in [0, 0.05) is 25.1 Å². The summed E-state index contributed by atoms with van der Waals surface area (Å²) in [6.45, 7) is 5.03. The van der Waals surface area contributed by atoms with Gasteiger partial charge in [-0.1, -0.05) is 12.1 Å². The van der Waals surface area contributed by atoms with Crippen LogP contribution in [0, 0.1) is 5.41 Å². The number of benzene rings is 1. The van der Waals surface area contributed by atoms with E-state index in [2.05, 4.69) is 40.0 Å². The highest BCUT2D eigenvalue weighted by Gasteiger charge is 2.41. The van der Waals surface area contributed by atoms with Gasteiger partial charge >= 0.3 is 0 Å². The molecule has 1 saturated carbocycles. The SMILES string of the molecule is CCn1c(CNCC2(CO)CC2)nc2ccccc21. The summed E-state index contributed by atoms with van der Waals surface area (Å²) >= 11 is 0. The van der Waals surface area contributed by atoms with E-state index in [4.69, 9.17) is 0 Å². The Kier molecular flexibility index (Phi) is 3.29. The molecule has 4 heteroatoms. The minimum Gasteiger partial charge on any atom is -0.396 e. The predicted octanol–water partition coefficient (Wildman–Crippen LogP) is 1.92. The third kappa shape index (κ3) is 2.38. The van der Waals surface area contributed by atoms with Gasteiger partial charge in [-0.05, 0) is 31.9 Å². The fraction of sp³-hybridized carbons (Fsp3) is 0.533. The van der Waals surface area contributed by atoms with Crippen LogP contribution in [0.25, 0.3) is 11.0 Å². The van der Waals surface area contributed by atoms with Crippen molar-refractivity contribution in [2.75, 3.05) is 13.2 Å². The molecule has 1 heterocycles. The van der Waals surface area contributed by atoms with E-state index in [0.717, 1.165) is 43.8 Å². The van der Waals surface area contributed by atoms with Gasteiger partial charge in [-0.3, -0.25) is 0 Å². The molecule has 0 spiro atoms. The van der Waals surface area contributed by atoms with Crippen molar-refractivity contribution in [1.29, 1.82) is 0 Å². The first-order valence-electron chi connectivity index (χ1n) is 7.04. The van der Waals surface area contributed by atoms with Crippen molar-refractivity contribution in [1.82, 2.24) is 14.9 Å². The standard InChI is InChI=1S/C15H21N3O/c1-2-18-13-6-4-3-5-12(13)17-14(18)9-16-10-15(11-19)7-8-15/h3-6,16,19H,2,7-11H2,1H3. The van der Waals surface area contributed by atoms with Crippen molar-refractivity contribution in [3.63, 3.8) is 0 Å². The summed E-state index contributed by atoms with van der Waals surface area (Å²) in [5.41, 5.74) is 2.41. The largest absolute Gasteiger partial charge is 0.396 e. The minimum absolute atomic E-state index is 0.156. The van der Waals surface area contributed by atoms with Crippen molar-refractivity contribution in [3.8, 4) is 0 Å². The molecule has 1 aliphatic rings. The number of para-hydroxylation sites is 2. The topological polar surface area (TPSA) is 50.1 Å². The molecule has 0 amide bonds. The molecule has 0 radical (unpaired) electrons.